The van der Waals surface area contributed by atoms with Crippen molar-refractivity contribution in [1.29, 1.82) is 0 Å². The van der Waals surface area contributed by atoms with E-state index in [4.69, 9.17) is 24.9 Å². The van der Waals surface area contributed by atoms with E-state index in [1.807, 2.05) is 0 Å². The van der Waals surface area contributed by atoms with Crippen LogP contribution in [0.4, 0.5) is 13.2 Å². The second-order valence-electron chi connectivity index (χ2n) is 5.06. The summed E-state index contributed by atoms with van der Waals surface area (Å²) in [6.45, 7) is 1.00. The molecule has 7 N–H and O–H groups in total. The van der Waals surface area contributed by atoms with Gasteiger partial charge in [-0.25, -0.2) is 4.79 Å². The lowest BCUT2D eigenvalue weighted by molar-refractivity contribution is -0.414. The van der Waals surface area contributed by atoms with Crippen LogP contribution in [0.3, 0.4) is 0 Å². The first-order valence-corrected chi connectivity index (χ1v) is 7.20. The molecule has 0 unspecified atom stereocenters. The summed E-state index contributed by atoms with van der Waals surface area (Å²) in [6.07, 6.45) is -5.18. The number of hydrogen-bond donors (Lipinski definition) is 5. The van der Waals surface area contributed by atoms with E-state index in [2.05, 4.69) is 16.4 Å². The molecule has 1 aliphatic rings. The molecule has 0 fully saturated rings. The fourth-order valence-corrected chi connectivity index (χ4v) is 1.81. The Morgan fingerprint density at radius 1 is 1.33 bits per heavy atom. The van der Waals surface area contributed by atoms with Crippen molar-refractivity contribution in [2.24, 2.45) is 0 Å². The van der Waals surface area contributed by atoms with Crippen LogP contribution >= 0.6 is 0 Å². The number of carboxylic acids is 2. The summed E-state index contributed by atoms with van der Waals surface area (Å²) in [7, 11) is 0. The molecular formula is C13H18F3N3O8. The molecule has 0 aliphatic carbocycles. The van der Waals surface area contributed by atoms with E-state index >= 15 is 0 Å². The molecule has 0 aromatic heterocycles. The molecule has 11 nitrogen and oxygen atoms in total. The third kappa shape index (κ3) is 8.37. The highest BCUT2D eigenvalue weighted by Gasteiger charge is 2.42. The Morgan fingerprint density at radius 3 is 2.22 bits per heavy atom. The molecule has 1 heterocycles. The van der Waals surface area contributed by atoms with Gasteiger partial charge < -0.3 is 41.2 Å². The zero-order valence-electron chi connectivity index (χ0n) is 13.9. The normalized spacial score (nSPS) is 21.6. The Bertz CT molecular complexity index is 608. The number of aliphatic carboxylic acids is 2. The summed E-state index contributed by atoms with van der Waals surface area (Å²) in [5.74, 6) is -5.74. The predicted molar refractivity (Wildman–Crippen MR) is 76.0 cm³/mol. The van der Waals surface area contributed by atoms with E-state index in [1.54, 1.807) is 0 Å². The van der Waals surface area contributed by atoms with E-state index in [1.165, 1.54) is 13.0 Å². The first-order chi connectivity index (χ1) is 12.3. The highest BCUT2D eigenvalue weighted by Crippen LogP contribution is 2.17. The van der Waals surface area contributed by atoms with Gasteiger partial charge in [-0.05, 0) is 0 Å². The van der Waals surface area contributed by atoms with Crippen LogP contribution in [-0.4, -0.2) is 71.5 Å². The number of aliphatic hydroxyl groups is 1. The van der Waals surface area contributed by atoms with E-state index in [0.717, 1.165) is 0 Å². The van der Waals surface area contributed by atoms with E-state index in [-0.39, 0.29) is 19.1 Å². The summed E-state index contributed by atoms with van der Waals surface area (Å²) in [4.78, 5) is 42.8. The zero-order chi connectivity index (χ0) is 21.4. The van der Waals surface area contributed by atoms with Crippen molar-refractivity contribution in [2.75, 3.05) is 13.2 Å². The lowest BCUT2D eigenvalue weighted by atomic mass is 9.98. The number of alkyl halides is 3. The average molecular weight is 401 g/mol. The maximum atomic E-state index is 11.9. The number of nitrogens with one attached hydrogen (secondary N) is 2. The van der Waals surface area contributed by atoms with Gasteiger partial charge in [-0.3, -0.25) is 9.59 Å². The molecule has 27 heavy (non-hydrogen) atoms. The summed E-state index contributed by atoms with van der Waals surface area (Å²) >= 11 is 0. The molecule has 0 aromatic carbocycles. The van der Waals surface area contributed by atoms with Gasteiger partial charge in [0, 0.05) is 19.5 Å². The molecule has 154 valence electrons. The average Bonchev–Trinajstić information content (AvgIpc) is 2.53. The van der Waals surface area contributed by atoms with Gasteiger partial charge >= 0.3 is 12.1 Å². The van der Waals surface area contributed by atoms with Crippen molar-refractivity contribution in [1.82, 2.24) is 10.6 Å². The van der Waals surface area contributed by atoms with Crippen molar-refractivity contribution in [3.05, 3.63) is 11.8 Å². The minimum Gasteiger partial charge on any atom is -0.542 e. The number of quaternary nitrogens is 1. The highest BCUT2D eigenvalue weighted by molar-refractivity contribution is 5.88. The summed E-state index contributed by atoms with van der Waals surface area (Å²) in [6, 6.07) is -1.42. The number of amides is 2. The van der Waals surface area contributed by atoms with Gasteiger partial charge in [-0.2, -0.15) is 13.2 Å². The Morgan fingerprint density at radius 2 is 1.85 bits per heavy atom. The van der Waals surface area contributed by atoms with Crippen molar-refractivity contribution >= 4 is 23.8 Å². The quantitative estimate of drug-likeness (QED) is 0.306. The number of carbonyl (C=O) groups excluding carboxylic acids is 3. The zero-order valence-corrected chi connectivity index (χ0v) is 13.9. The third-order valence-corrected chi connectivity index (χ3v) is 2.89. The maximum Gasteiger partial charge on any atom is 0.430 e. The minimum atomic E-state index is -5.19. The molecule has 0 spiro atoms. The SMILES string of the molecule is CC(=O)N[C@@H]1[C@@H]([NH3+])C=C(C(=O)O)O[C@H]1C(=O)NCCO.O=C([O-])C(F)(F)F. The molecule has 0 bridgehead atoms. The maximum absolute atomic E-state index is 11.9. The van der Waals surface area contributed by atoms with Gasteiger partial charge in [0.1, 0.15) is 18.1 Å². The molecule has 0 aromatic rings. The standard InChI is InChI=1S/C11H17N3O6.C2HF3O2/c1-5(16)14-8-6(12)4-7(11(18)19)20-9(8)10(17)13-2-3-15;3-2(4,5)1(6)7/h4,6,8-9,15H,2-3,12H2,1H3,(H,13,17)(H,14,16)(H,18,19);(H,6,7)/t6-,8+,9+;/m0./s1. The Labute approximate surface area is 150 Å². The second kappa shape index (κ2) is 10.3. The summed E-state index contributed by atoms with van der Waals surface area (Å²) in [5, 5.41) is 31.3. The fourth-order valence-electron chi connectivity index (χ4n) is 1.81. The van der Waals surface area contributed by atoms with Crippen molar-refractivity contribution in [2.45, 2.75) is 31.3 Å². The van der Waals surface area contributed by atoms with Crippen LogP contribution in [0.1, 0.15) is 6.92 Å². The lowest BCUT2D eigenvalue weighted by Crippen LogP contribution is -2.74. The third-order valence-electron chi connectivity index (χ3n) is 2.89. The fraction of sp³-hybridized carbons (Fsp3) is 0.538. The first-order valence-electron chi connectivity index (χ1n) is 7.20. The number of aliphatic hydroxyl groups excluding tert-OH is 1. The topological polar surface area (TPSA) is 193 Å². The van der Waals surface area contributed by atoms with Crippen LogP contribution in [-0.2, 0) is 23.9 Å². The van der Waals surface area contributed by atoms with Crippen LogP contribution in [0.5, 0.6) is 0 Å². The molecule has 0 saturated heterocycles. The molecule has 3 atom stereocenters. The highest BCUT2D eigenvalue weighted by atomic mass is 19.4. The van der Waals surface area contributed by atoms with Crippen molar-refractivity contribution in [3.63, 3.8) is 0 Å². The molecular weight excluding hydrogens is 383 g/mol. The second-order valence-corrected chi connectivity index (χ2v) is 5.06. The van der Waals surface area contributed by atoms with Crippen LogP contribution < -0.4 is 21.5 Å². The molecule has 0 saturated carbocycles. The van der Waals surface area contributed by atoms with E-state index in [9.17, 15) is 27.6 Å². The number of ether oxygens (including phenoxy) is 1. The van der Waals surface area contributed by atoms with Gasteiger partial charge in [-0.1, -0.05) is 0 Å². The van der Waals surface area contributed by atoms with Gasteiger partial charge in [0.2, 0.25) is 17.8 Å². The monoisotopic (exact) mass is 401 g/mol. The Hall–Kier alpha value is -2.87. The molecule has 0 radical (unpaired) electrons. The molecule has 1 rings (SSSR count). The summed E-state index contributed by atoms with van der Waals surface area (Å²) in [5.41, 5.74) is 3.71. The smallest absolute Gasteiger partial charge is 0.430 e. The van der Waals surface area contributed by atoms with E-state index < -0.39 is 48.0 Å². The largest absolute Gasteiger partial charge is 0.542 e. The van der Waals surface area contributed by atoms with Crippen LogP contribution in [0.25, 0.3) is 0 Å². The lowest BCUT2D eigenvalue weighted by Gasteiger charge is -2.32. The predicted octanol–water partition coefficient (Wildman–Crippen LogP) is -4.12. The van der Waals surface area contributed by atoms with Crippen molar-refractivity contribution < 1.29 is 58.1 Å². The van der Waals surface area contributed by atoms with E-state index in [0.29, 0.717) is 0 Å². The van der Waals surface area contributed by atoms with Crippen LogP contribution in [0.15, 0.2) is 11.8 Å². The number of carbonyl (C=O) groups is 4. The van der Waals surface area contributed by atoms with Gasteiger partial charge in [-0.15, -0.1) is 0 Å². The Balaban J connectivity index is 0.000000821. The van der Waals surface area contributed by atoms with Crippen molar-refractivity contribution in [3.8, 4) is 0 Å². The molecule has 1 aliphatic heterocycles. The molecule has 2 amide bonds. The summed E-state index contributed by atoms with van der Waals surface area (Å²) < 4.78 is 36.7. The number of carboxylic acid groups (broad SMARTS) is 2. The minimum absolute atomic E-state index is 0.000582. The number of rotatable bonds is 5. The number of hydrogen-bond acceptors (Lipinski definition) is 7. The Kier molecular flexibility index (Phi) is 9.22. The van der Waals surface area contributed by atoms with Gasteiger partial charge in [0.05, 0.1) is 6.61 Å². The first kappa shape index (κ1) is 24.1. The van der Waals surface area contributed by atoms with Crippen LogP contribution in [0.2, 0.25) is 0 Å². The van der Waals surface area contributed by atoms with Gasteiger partial charge in [0.25, 0.3) is 5.91 Å². The number of halogens is 3. The van der Waals surface area contributed by atoms with Crippen LogP contribution in [0, 0.1) is 0 Å². The molecule has 14 heteroatoms. The van der Waals surface area contributed by atoms with Gasteiger partial charge in [0.15, 0.2) is 0 Å².